The average molecular weight is 371 g/mol. The standard InChI is InChI=1S/C21H17N5O2/c1-13(27)2-7-20(28)25-16-4-6-19-17(11-16)21(24-12-23-19)26-15-3-5-18-14(10-15)8-9-22-18/h2-12,22H,1H3,(H,25,28)(H,23,24,26)/b7-2+. The first kappa shape index (κ1) is 17.4. The summed E-state index contributed by atoms with van der Waals surface area (Å²) in [5.41, 5.74) is 3.29. The van der Waals surface area contributed by atoms with Gasteiger partial charge in [-0.3, -0.25) is 9.59 Å². The molecule has 0 bridgehead atoms. The maximum absolute atomic E-state index is 11.9. The van der Waals surface area contributed by atoms with Crippen LogP contribution in [0.1, 0.15) is 6.92 Å². The second kappa shape index (κ2) is 7.32. The highest BCUT2D eigenvalue weighted by atomic mass is 16.1. The molecule has 0 unspecified atom stereocenters. The van der Waals surface area contributed by atoms with Crippen LogP contribution < -0.4 is 10.6 Å². The molecule has 7 heteroatoms. The number of benzene rings is 2. The fraction of sp³-hybridized carbons (Fsp3) is 0.0476. The first-order valence-electron chi connectivity index (χ1n) is 8.67. The van der Waals surface area contributed by atoms with E-state index >= 15 is 0 Å². The smallest absolute Gasteiger partial charge is 0.248 e. The second-order valence-corrected chi connectivity index (χ2v) is 6.29. The first-order chi connectivity index (χ1) is 13.6. The second-order valence-electron chi connectivity index (χ2n) is 6.29. The molecule has 4 aromatic rings. The summed E-state index contributed by atoms with van der Waals surface area (Å²) >= 11 is 0. The number of fused-ring (bicyclic) bond motifs is 2. The van der Waals surface area contributed by atoms with E-state index in [-0.39, 0.29) is 11.7 Å². The van der Waals surface area contributed by atoms with Crippen molar-refractivity contribution in [2.45, 2.75) is 6.92 Å². The number of nitrogens with zero attached hydrogens (tertiary/aromatic N) is 2. The van der Waals surface area contributed by atoms with Gasteiger partial charge in [0.2, 0.25) is 5.91 Å². The number of hydrogen-bond donors (Lipinski definition) is 3. The summed E-state index contributed by atoms with van der Waals surface area (Å²) in [4.78, 5) is 34.7. The molecule has 1 amide bonds. The molecule has 2 aromatic carbocycles. The third-order valence-corrected chi connectivity index (χ3v) is 4.19. The molecule has 3 N–H and O–H groups in total. The van der Waals surface area contributed by atoms with Crippen molar-refractivity contribution in [1.29, 1.82) is 0 Å². The van der Waals surface area contributed by atoms with Gasteiger partial charge in [-0.15, -0.1) is 0 Å². The molecule has 7 nitrogen and oxygen atoms in total. The molecule has 28 heavy (non-hydrogen) atoms. The number of aromatic amines is 1. The van der Waals surface area contributed by atoms with Crippen LogP contribution in [0.3, 0.4) is 0 Å². The highest BCUT2D eigenvalue weighted by Gasteiger charge is 2.07. The number of carbonyl (C=O) groups is 2. The van der Waals surface area contributed by atoms with E-state index in [2.05, 4.69) is 25.6 Å². The molecule has 138 valence electrons. The average Bonchev–Trinajstić information content (AvgIpc) is 3.15. The van der Waals surface area contributed by atoms with Crippen LogP contribution in [0, 0.1) is 0 Å². The van der Waals surface area contributed by atoms with E-state index in [1.807, 2.05) is 36.5 Å². The van der Waals surface area contributed by atoms with E-state index in [1.54, 1.807) is 12.1 Å². The molecule has 4 rings (SSSR count). The van der Waals surface area contributed by atoms with Crippen molar-refractivity contribution < 1.29 is 9.59 Å². The molecule has 0 radical (unpaired) electrons. The largest absolute Gasteiger partial charge is 0.361 e. The molecule has 0 saturated carbocycles. The predicted octanol–water partition coefficient (Wildman–Crippen LogP) is 3.94. The minimum absolute atomic E-state index is 0.187. The first-order valence-corrected chi connectivity index (χ1v) is 8.67. The van der Waals surface area contributed by atoms with E-state index in [0.717, 1.165) is 27.5 Å². The zero-order valence-corrected chi connectivity index (χ0v) is 15.1. The van der Waals surface area contributed by atoms with Crippen molar-refractivity contribution in [3.8, 4) is 0 Å². The van der Waals surface area contributed by atoms with Crippen molar-refractivity contribution in [3.05, 3.63) is 67.1 Å². The van der Waals surface area contributed by atoms with Gasteiger partial charge in [-0.2, -0.15) is 0 Å². The number of allylic oxidation sites excluding steroid dienone is 1. The Labute approximate surface area is 160 Å². The summed E-state index contributed by atoms with van der Waals surface area (Å²) in [5, 5.41) is 7.91. The van der Waals surface area contributed by atoms with Gasteiger partial charge in [-0.25, -0.2) is 9.97 Å². The number of nitrogens with one attached hydrogen (secondary N) is 3. The molecule has 0 fully saturated rings. The van der Waals surface area contributed by atoms with E-state index in [0.29, 0.717) is 11.5 Å². The van der Waals surface area contributed by atoms with Gasteiger partial charge in [0.1, 0.15) is 12.1 Å². The van der Waals surface area contributed by atoms with Crippen molar-refractivity contribution >= 4 is 50.7 Å². The van der Waals surface area contributed by atoms with Crippen LogP contribution in [0.15, 0.2) is 67.1 Å². The number of anilines is 3. The molecule has 2 aromatic heterocycles. The Bertz CT molecular complexity index is 1230. The highest BCUT2D eigenvalue weighted by molar-refractivity contribution is 6.05. The lowest BCUT2D eigenvalue weighted by atomic mass is 10.2. The Kier molecular flexibility index (Phi) is 4.55. The van der Waals surface area contributed by atoms with Crippen molar-refractivity contribution in [1.82, 2.24) is 15.0 Å². The molecular weight excluding hydrogens is 354 g/mol. The minimum Gasteiger partial charge on any atom is -0.361 e. The summed E-state index contributed by atoms with van der Waals surface area (Å²) < 4.78 is 0. The van der Waals surface area contributed by atoms with Gasteiger partial charge in [-0.1, -0.05) is 0 Å². The van der Waals surface area contributed by atoms with Crippen molar-refractivity contribution in [3.63, 3.8) is 0 Å². The SMILES string of the molecule is CC(=O)/C=C/C(=O)Nc1ccc2ncnc(Nc3ccc4[nH]ccc4c3)c2c1. The van der Waals surface area contributed by atoms with Crippen LogP contribution >= 0.6 is 0 Å². The van der Waals surface area contributed by atoms with Gasteiger partial charge in [0.15, 0.2) is 5.78 Å². The van der Waals surface area contributed by atoms with Crippen LogP contribution in [0.2, 0.25) is 0 Å². The monoisotopic (exact) mass is 371 g/mol. The fourth-order valence-corrected chi connectivity index (χ4v) is 2.88. The molecule has 0 saturated heterocycles. The molecular formula is C21H17N5O2. The maximum Gasteiger partial charge on any atom is 0.248 e. The van der Waals surface area contributed by atoms with Crippen LogP contribution in [-0.2, 0) is 9.59 Å². The predicted molar refractivity (Wildman–Crippen MR) is 110 cm³/mol. The Balaban J connectivity index is 1.64. The lowest BCUT2D eigenvalue weighted by molar-refractivity contribution is -0.114. The summed E-state index contributed by atoms with van der Waals surface area (Å²) in [6, 6.07) is 13.3. The molecule has 0 atom stereocenters. The highest BCUT2D eigenvalue weighted by Crippen LogP contribution is 2.27. The van der Waals surface area contributed by atoms with Gasteiger partial charge in [-0.05, 0) is 55.5 Å². The molecule has 0 aliphatic heterocycles. The van der Waals surface area contributed by atoms with Gasteiger partial charge in [0.25, 0.3) is 0 Å². The van der Waals surface area contributed by atoms with Gasteiger partial charge in [0, 0.05) is 39.9 Å². The summed E-state index contributed by atoms with van der Waals surface area (Å²) in [5.74, 6) is 0.0713. The Morgan fingerprint density at radius 1 is 1.00 bits per heavy atom. The van der Waals surface area contributed by atoms with E-state index in [9.17, 15) is 9.59 Å². The van der Waals surface area contributed by atoms with Gasteiger partial charge < -0.3 is 15.6 Å². The van der Waals surface area contributed by atoms with E-state index in [1.165, 1.54) is 25.4 Å². The zero-order valence-electron chi connectivity index (χ0n) is 15.1. The van der Waals surface area contributed by atoms with Crippen LogP contribution in [0.4, 0.5) is 17.2 Å². The third-order valence-electron chi connectivity index (χ3n) is 4.19. The maximum atomic E-state index is 11.9. The summed E-state index contributed by atoms with van der Waals surface area (Å²) in [6.07, 6.45) is 5.82. The van der Waals surface area contributed by atoms with Crippen LogP contribution in [0.25, 0.3) is 21.8 Å². The molecule has 0 spiro atoms. The molecule has 2 heterocycles. The Morgan fingerprint density at radius 2 is 1.86 bits per heavy atom. The number of carbonyl (C=O) groups excluding carboxylic acids is 2. The number of ketones is 1. The van der Waals surface area contributed by atoms with Gasteiger partial charge in [0.05, 0.1) is 5.52 Å². The number of H-pyrrole nitrogens is 1. The van der Waals surface area contributed by atoms with Gasteiger partial charge >= 0.3 is 0 Å². The Hall–Kier alpha value is -4.00. The molecule has 0 aliphatic rings. The van der Waals surface area contributed by atoms with Crippen molar-refractivity contribution in [2.24, 2.45) is 0 Å². The normalized spacial score (nSPS) is 11.2. The third kappa shape index (κ3) is 3.73. The zero-order chi connectivity index (χ0) is 19.5. The van der Waals surface area contributed by atoms with Crippen molar-refractivity contribution in [2.75, 3.05) is 10.6 Å². The number of hydrogen-bond acceptors (Lipinski definition) is 5. The number of rotatable bonds is 5. The van der Waals surface area contributed by atoms with Crippen LogP contribution in [-0.4, -0.2) is 26.6 Å². The molecule has 0 aliphatic carbocycles. The van der Waals surface area contributed by atoms with Crippen LogP contribution in [0.5, 0.6) is 0 Å². The summed E-state index contributed by atoms with van der Waals surface area (Å²) in [7, 11) is 0. The Morgan fingerprint density at radius 3 is 2.71 bits per heavy atom. The lowest BCUT2D eigenvalue weighted by Gasteiger charge is -2.10. The fourth-order valence-electron chi connectivity index (χ4n) is 2.88. The minimum atomic E-state index is -0.376. The topological polar surface area (TPSA) is 99.8 Å². The number of aromatic nitrogens is 3. The van der Waals surface area contributed by atoms with E-state index in [4.69, 9.17) is 0 Å². The number of amides is 1. The lowest BCUT2D eigenvalue weighted by Crippen LogP contribution is -2.08. The quantitative estimate of drug-likeness (QED) is 0.462. The van der Waals surface area contributed by atoms with E-state index < -0.39 is 0 Å². The summed E-state index contributed by atoms with van der Waals surface area (Å²) in [6.45, 7) is 1.39.